The minimum Gasteiger partial charge on any atom is -0.481 e. The number of aryl methyl sites for hydroxylation is 3. The van der Waals surface area contributed by atoms with Crippen molar-refractivity contribution in [2.45, 2.75) is 96.8 Å². The summed E-state index contributed by atoms with van der Waals surface area (Å²) in [6, 6.07) is 6.75. The molecular weight excluding hydrogens is 364 g/mol. The summed E-state index contributed by atoms with van der Waals surface area (Å²) in [5.41, 5.74) is 3.40. The Bertz CT molecular complexity index is 728. The van der Waals surface area contributed by atoms with E-state index in [2.05, 4.69) is 25.1 Å². The number of unbranched alkanes of at least 4 members (excludes halogenated alkanes) is 4. The van der Waals surface area contributed by atoms with Gasteiger partial charge < -0.3 is 10.2 Å². The molecule has 0 bridgehead atoms. The molecule has 0 unspecified atom stereocenters. The molecule has 2 fully saturated rings. The van der Waals surface area contributed by atoms with Crippen LogP contribution >= 0.6 is 0 Å². The molecule has 2 saturated carbocycles. The Kier molecular flexibility index (Phi) is 7.02. The van der Waals surface area contributed by atoms with Crippen LogP contribution < -0.4 is 0 Å². The third kappa shape index (κ3) is 5.83. The van der Waals surface area contributed by atoms with Gasteiger partial charge in [0.1, 0.15) is 0 Å². The van der Waals surface area contributed by atoms with Gasteiger partial charge in [0.2, 0.25) is 0 Å². The van der Waals surface area contributed by atoms with E-state index in [0.29, 0.717) is 0 Å². The Morgan fingerprint density at radius 1 is 0.759 bits per heavy atom. The number of carboxylic acids is 2. The molecule has 1 aromatic rings. The fourth-order valence-electron chi connectivity index (χ4n) is 4.59. The fraction of sp³-hybridized carbons (Fsp3) is 0.680. The van der Waals surface area contributed by atoms with E-state index in [9.17, 15) is 19.8 Å². The normalized spacial score (nSPS) is 18.4. The third-order valence-corrected chi connectivity index (χ3v) is 7.18. The molecule has 29 heavy (non-hydrogen) atoms. The van der Waals surface area contributed by atoms with E-state index in [4.69, 9.17) is 0 Å². The molecule has 160 valence electrons. The molecular formula is C25H36O4. The van der Waals surface area contributed by atoms with Crippen LogP contribution in [0.25, 0.3) is 0 Å². The zero-order chi connectivity index (χ0) is 20.9. The predicted molar refractivity (Wildman–Crippen MR) is 114 cm³/mol. The summed E-state index contributed by atoms with van der Waals surface area (Å²) in [4.78, 5) is 22.5. The topological polar surface area (TPSA) is 74.6 Å². The van der Waals surface area contributed by atoms with Crippen LogP contribution in [-0.4, -0.2) is 22.2 Å². The molecule has 4 nitrogen and oxygen atoms in total. The molecule has 1 aromatic carbocycles. The van der Waals surface area contributed by atoms with Gasteiger partial charge in [-0.2, -0.15) is 0 Å². The van der Waals surface area contributed by atoms with Gasteiger partial charge in [-0.15, -0.1) is 0 Å². The zero-order valence-electron chi connectivity index (χ0n) is 17.8. The van der Waals surface area contributed by atoms with Gasteiger partial charge in [-0.3, -0.25) is 9.59 Å². The second-order valence-electron chi connectivity index (χ2n) is 9.56. The summed E-state index contributed by atoms with van der Waals surface area (Å²) in [6.45, 7) is 2.14. The summed E-state index contributed by atoms with van der Waals surface area (Å²) in [7, 11) is 0. The van der Waals surface area contributed by atoms with Crippen LogP contribution in [0.2, 0.25) is 0 Å². The standard InChI is InChI=1S/C25H36O4/c1-19-10-11-20(8-4-2-6-12-24(14-15-24)22(26)27)21(18-19)9-5-3-7-13-25(16-17-25)23(28)29/h10-11,18H,2-9,12-17H2,1H3,(H,26,27)(H,28,29). The lowest BCUT2D eigenvalue weighted by molar-refractivity contribution is -0.144. The van der Waals surface area contributed by atoms with Crippen molar-refractivity contribution < 1.29 is 19.8 Å². The first kappa shape index (κ1) is 21.9. The van der Waals surface area contributed by atoms with Crippen LogP contribution in [0.15, 0.2) is 18.2 Å². The van der Waals surface area contributed by atoms with Crippen LogP contribution in [0.1, 0.15) is 93.7 Å². The number of hydrogen-bond acceptors (Lipinski definition) is 2. The number of aliphatic carboxylic acids is 2. The average molecular weight is 401 g/mol. The van der Waals surface area contributed by atoms with E-state index >= 15 is 0 Å². The molecule has 2 aliphatic carbocycles. The van der Waals surface area contributed by atoms with E-state index in [0.717, 1.165) is 89.9 Å². The molecule has 3 rings (SSSR count). The maximum absolute atomic E-state index is 11.3. The highest BCUT2D eigenvalue weighted by molar-refractivity contribution is 5.78. The Labute approximate surface area is 174 Å². The van der Waals surface area contributed by atoms with E-state index in [1.807, 2.05) is 0 Å². The van der Waals surface area contributed by atoms with E-state index in [-0.39, 0.29) is 10.8 Å². The van der Waals surface area contributed by atoms with Crippen molar-refractivity contribution in [2.24, 2.45) is 10.8 Å². The van der Waals surface area contributed by atoms with Gasteiger partial charge in [-0.1, -0.05) is 49.4 Å². The Hall–Kier alpha value is -1.84. The largest absolute Gasteiger partial charge is 0.481 e. The van der Waals surface area contributed by atoms with Crippen LogP contribution in [0.3, 0.4) is 0 Å². The molecule has 0 spiro atoms. The Morgan fingerprint density at radius 3 is 1.69 bits per heavy atom. The number of carbonyl (C=O) groups is 2. The van der Waals surface area contributed by atoms with Gasteiger partial charge in [0, 0.05) is 0 Å². The smallest absolute Gasteiger partial charge is 0.309 e. The first-order valence-electron chi connectivity index (χ1n) is 11.4. The number of rotatable bonds is 14. The lowest BCUT2D eigenvalue weighted by Crippen LogP contribution is -2.14. The molecule has 4 heteroatoms. The predicted octanol–water partition coefficient (Wildman–Crippen LogP) is 5.93. The van der Waals surface area contributed by atoms with Crippen molar-refractivity contribution in [2.75, 3.05) is 0 Å². The molecule has 0 aromatic heterocycles. The Balaban J connectivity index is 1.37. The van der Waals surface area contributed by atoms with Crippen molar-refractivity contribution in [3.63, 3.8) is 0 Å². The molecule has 0 saturated heterocycles. The highest BCUT2D eigenvalue weighted by Gasteiger charge is 2.49. The molecule has 0 radical (unpaired) electrons. The van der Waals surface area contributed by atoms with Gasteiger partial charge in [-0.25, -0.2) is 0 Å². The highest BCUT2D eigenvalue weighted by Crippen LogP contribution is 2.50. The maximum atomic E-state index is 11.3. The van der Waals surface area contributed by atoms with Crippen molar-refractivity contribution in [1.29, 1.82) is 0 Å². The van der Waals surface area contributed by atoms with E-state index in [1.54, 1.807) is 0 Å². The summed E-state index contributed by atoms with van der Waals surface area (Å²) < 4.78 is 0. The first-order valence-corrected chi connectivity index (χ1v) is 11.4. The van der Waals surface area contributed by atoms with Crippen molar-refractivity contribution in [1.82, 2.24) is 0 Å². The SMILES string of the molecule is Cc1ccc(CCCCCC2(C(=O)O)CC2)c(CCCCCC2(C(=O)O)CC2)c1. The van der Waals surface area contributed by atoms with E-state index in [1.165, 1.54) is 16.7 Å². The summed E-state index contributed by atoms with van der Waals surface area (Å²) in [5, 5.41) is 18.5. The van der Waals surface area contributed by atoms with Crippen molar-refractivity contribution >= 4 is 11.9 Å². The van der Waals surface area contributed by atoms with Crippen LogP contribution in [0, 0.1) is 17.8 Å². The van der Waals surface area contributed by atoms with Gasteiger partial charge >= 0.3 is 11.9 Å². The molecule has 0 amide bonds. The molecule has 0 aliphatic heterocycles. The summed E-state index contributed by atoms with van der Waals surface area (Å²) in [6.07, 6.45) is 13.7. The van der Waals surface area contributed by atoms with Crippen molar-refractivity contribution in [3.05, 3.63) is 34.9 Å². The quantitative estimate of drug-likeness (QED) is 0.380. The van der Waals surface area contributed by atoms with Crippen molar-refractivity contribution in [3.8, 4) is 0 Å². The van der Waals surface area contributed by atoms with Gasteiger partial charge in [0.25, 0.3) is 0 Å². The minimum absolute atomic E-state index is 0.380. The molecule has 2 aliphatic rings. The highest BCUT2D eigenvalue weighted by atomic mass is 16.4. The van der Waals surface area contributed by atoms with Gasteiger partial charge in [-0.05, 0) is 82.3 Å². The summed E-state index contributed by atoms with van der Waals surface area (Å²) in [5.74, 6) is -1.20. The molecule has 2 N–H and O–H groups in total. The fourth-order valence-corrected chi connectivity index (χ4v) is 4.59. The monoisotopic (exact) mass is 400 g/mol. The number of benzene rings is 1. The second kappa shape index (κ2) is 9.32. The zero-order valence-corrected chi connectivity index (χ0v) is 17.8. The second-order valence-corrected chi connectivity index (χ2v) is 9.56. The average Bonchev–Trinajstić information content (AvgIpc) is 3.58. The van der Waals surface area contributed by atoms with E-state index < -0.39 is 11.9 Å². The lowest BCUT2D eigenvalue weighted by Gasteiger charge is -2.13. The Morgan fingerprint density at radius 2 is 1.24 bits per heavy atom. The van der Waals surface area contributed by atoms with Crippen LogP contribution in [-0.2, 0) is 22.4 Å². The van der Waals surface area contributed by atoms with Gasteiger partial charge in [0.15, 0.2) is 0 Å². The van der Waals surface area contributed by atoms with Crippen LogP contribution in [0.4, 0.5) is 0 Å². The molecule has 0 heterocycles. The summed E-state index contributed by atoms with van der Waals surface area (Å²) >= 11 is 0. The molecule has 0 atom stereocenters. The van der Waals surface area contributed by atoms with Gasteiger partial charge in [0.05, 0.1) is 10.8 Å². The number of carboxylic acid groups (broad SMARTS) is 2. The lowest BCUT2D eigenvalue weighted by atomic mass is 9.93. The maximum Gasteiger partial charge on any atom is 0.309 e. The van der Waals surface area contributed by atoms with Crippen LogP contribution in [0.5, 0.6) is 0 Å². The third-order valence-electron chi connectivity index (χ3n) is 7.18. The first-order chi connectivity index (χ1) is 13.9. The minimum atomic E-state index is -0.603. The number of hydrogen-bond donors (Lipinski definition) is 2.